The lowest BCUT2D eigenvalue weighted by Crippen LogP contribution is -2.35. The van der Waals surface area contributed by atoms with E-state index in [0.717, 1.165) is 6.04 Å². The Morgan fingerprint density at radius 2 is 1.84 bits per heavy atom. The second-order valence-corrected chi connectivity index (χ2v) is 6.82. The summed E-state index contributed by atoms with van der Waals surface area (Å²) >= 11 is 1.99. The maximum Gasteiger partial charge on any atom is 0.0235 e. The maximum absolute atomic E-state index is 2.71. The molecule has 2 aliphatic rings. The number of hydrogen-bond acceptors (Lipinski definition) is 3. The quantitative estimate of drug-likeness (QED) is 0.764. The Balaban J connectivity index is 1.37. The van der Waals surface area contributed by atoms with E-state index in [1.165, 1.54) is 62.6 Å². The van der Waals surface area contributed by atoms with E-state index in [4.69, 9.17) is 0 Å². The monoisotopic (exact) mass is 276 g/mol. The fourth-order valence-corrected chi connectivity index (χ4v) is 4.16. The van der Waals surface area contributed by atoms with Gasteiger partial charge in [-0.15, -0.1) is 11.8 Å². The lowest BCUT2D eigenvalue weighted by Gasteiger charge is -2.23. The van der Waals surface area contributed by atoms with Crippen LogP contribution in [0.2, 0.25) is 0 Å². The average molecular weight is 276 g/mol. The lowest BCUT2D eigenvalue weighted by molar-refractivity contribution is 0.236. The van der Waals surface area contributed by atoms with Crippen LogP contribution in [0.15, 0.2) is 35.2 Å². The molecule has 0 amide bonds. The van der Waals surface area contributed by atoms with E-state index in [2.05, 4.69) is 40.1 Å². The van der Waals surface area contributed by atoms with Gasteiger partial charge in [-0.25, -0.2) is 0 Å². The molecule has 1 aromatic carbocycles. The van der Waals surface area contributed by atoms with Crippen LogP contribution in [-0.4, -0.2) is 54.3 Å². The normalized spacial score (nSPS) is 25.2. The third-order valence-electron chi connectivity index (χ3n) is 4.32. The Kier molecular flexibility index (Phi) is 4.81. The van der Waals surface area contributed by atoms with E-state index in [-0.39, 0.29) is 0 Å². The van der Waals surface area contributed by atoms with E-state index in [1.54, 1.807) is 0 Å². The van der Waals surface area contributed by atoms with E-state index >= 15 is 0 Å². The Morgan fingerprint density at radius 1 is 1.05 bits per heavy atom. The maximum atomic E-state index is 2.71. The smallest absolute Gasteiger partial charge is 0.0235 e. The molecule has 1 aromatic rings. The first-order valence-electron chi connectivity index (χ1n) is 7.56. The predicted molar refractivity (Wildman–Crippen MR) is 82.8 cm³/mol. The van der Waals surface area contributed by atoms with Gasteiger partial charge in [-0.1, -0.05) is 18.2 Å². The van der Waals surface area contributed by atoms with Gasteiger partial charge >= 0.3 is 0 Å². The van der Waals surface area contributed by atoms with E-state index in [9.17, 15) is 0 Å². The molecule has 1 unspecified atom stereocenters. The highest BCUT2D eigenvalue weighted by Crippen LogP contribution is 2.22. The predicted octanol–water partition coefficient (Wildman–Crippen LogP) is 2.95. The molecule has 19 heavy (non-hydrogen) atoms. The summed E-state index contributed by atoms with van der Waals surface area (Å²) in [7, 11) is 0. The third kappa shape index (κ3) is 3.74. The van der Waals surface area contributed by atoms with Crippen molar-refractivity contribution in [3.05, 3.63) is 30.3 Å². The zero-order valence-corrected chi connectivity index (χ0v) is 12.4. The van der Waals surface area contributed by atoms with Gasteiger partial charge in [0.2, 0.25) is 0 Å². The highest BCUT2D eigenvalue weighted by Gasteiger charge is 2.28. The van der Waals surface area contributed by atoms with Gasteiger partial charge in [0.05, 0.1) is 0 Å². The minimum absolute atomic E-state index is 0.851. The standard InChI is InChI=1S/C16H24N2S/c1-2-6-16(7-3-1)19-13-12-17-11-8-15(14-17)18-9-4-5-10-18/h1-3,6-7,15H,4-5,8-14H2. The highest BCUT2D eigenvalue weighted by molar-refractivity contribution is 7.99. The van der Waals surface area contributed by atoms with Gasteiger partial charge in [0, 0.05) is 29.8 Å². The molecule has 1 atom stereocenters. The molecule has 0 aromatic heterocycles. The fourth-order valence-electron chi connectivity index (χ4n) is 3.23. The summed E-state index contributed by atoms with van der Waals surface area (Å²) in [4.78, 5) is 6.77. The molecule has 0 spiro atoms. The Labute approximate surface area is 121 Å². The van der Waals surface area contributed by atoms with Gasteiger partial charge in [0.1, 0.15) is 0 Å². The van der Waals surface area contributed by atoms with Crippen molar-refractivity contribution in [1.29, 1.82) is 0 Å². The van der Waals surface area contributed by atoms with Gasteiger partial charge < -0.3 is 4.90 Å². The zero-order chi connectivity index (χ0) is 12.9. The molecule has 0 radical (unpaired) electrons. The van der Waals surface area contributed by atoms with Crippen LogP contribution in [0.3, 0.4) is 0 Å². The van der Waals surface area contributed by atoms with Crippen molar-refractivity contribution in [3.63, 3.8) is 0 Å². The summed E-state index contributed by atoms with van der Waals surface area (Å²) in [6.07, 6.45) is 4.22. The number of thioether (sulfide) groups is 1. The number of likely N-dealkylation sites (tertiary alicyclic amines) is 2. The van der Waals surface area contributed by atoms with Crippen molar-refractivity contribution in [1.82, 2.24) is 9.80 Å². The van der Waals surface area contributed by atoms with Crippen LogP contribution in [0.25, 0.3) is 0 Å². The first-order valence-corrected chi connectivity index (χ1v) is 8.54. The van der Waals surface area contributed by atoms with Crippen molar-refractivity contribution < 1.29 is 0 Å². The molecule has 2 nitrogen and oxygen atoms in total. The topological polar surface area (TPSA) is 6.48 Å². The molecule has 3 rings (SSSR count). The SMILES string of the molecule is c1ccc(SCCN2CCC(N3CCCC3)C2)cc1. The average Bonchev–Trinajstić information content (AvgIpc) is 3.10. The Morgan fingerprint density at radius 3 is 2.63 bits per heavy atom. The molecule has 2 saturated heterocycles. The van der Waals surface area contributed by atoms with Crippen LogP contribution >= 0.6 is 11.8 Å². The first kappa shape index (κ1) is 13.5. The van der Waals surface area contributed by atoms with Gasteiger partial charge in [0.25, 0.3) is 0 Å². The van der Waals surface area contributed by atoms with E-state index in [1.807, 2.05) is 11.8 Å². The van der Waals surface area contributed by atoms with Crippen LogP contribution in [0.4, 0.5) is 0 Å². The molecule has 0 N–H and O–H groups in total. The van der Waals surface area contributed by atoms with Crippen molar-refractivity contribution in [2.75, 3.05) is 38.5 Å². The van der Waals surface area contributed by atoms with Gasteiger partial charge in [-0.05, 0) is 51.0 Å². The van der Waals surface area contributed by atoms with Gasteiger partial charge in [-0.3, -0.25) is 4.90 Å². The third-order valence-corrected chi connectivity index (χ3v) is 5.32. The van der Waals surface area contributed by atoms with Crippen molar-refractivity contribution in [2.45, 2.75) is 30.2 Å². The second kappa shape index (κ2) is 6.78. The van der Waals surface area contributed by atoms with Gasteiger partial charge in [-0.2, -0.15) is 0 Å². The Bertz CT molecular complexity index is 376. The summed E-state index contributed by atoms with van der Waals surface area (Å²) in [6.45, 7) is 6.53. The summed E-state index contributed by atoms with van der Waals surface area (Å²) in [6, 6.07) is 11.6. The lowest BCUT2D eigenvalue weighted by atomic mass is 10.2. The summed E-state index contributed by atoms with van der Waals surface area (Å²) in [5, 5.41) is 0. The van der Waals surface area contributed by atoms with Gasteiger partial charge in [0.15, 0.2) is 0 Å². The minimum atomic E-state index is 0.851. The minimum Gasteiger partial charge on any atom is -0.301 e. The van der Waals surface area contributed by atoms with Crippen LogP contribution in [0.1, 0.15) is 19.3 Å². The summed E-state index contributed by atoms with van der Waals surface area (Å²) in [5.74, 6) is 1.22. The first-order chi connectivity index (χ1) is 9.42. The molecular formula is C16H24N2S. The highest BCUT2D eigenvalue weighted by atomic mass is 32.2. The van der Waals surface area contributed by atoms with E-state index in [0.29, 0.717) is 0 Å². The summed E-state index contributed by atoms with van der Waals surface area (Å²) < 4.78 is 0. The van der Waals surface area contributed by atoms with Crippen LogP contribution < -0.4 is 0 Å². The van der Waals surface area contributed by atoms with Crippen LogP contribution in [0.5, 0.6) is 0 Å². The zero-order valence-electron chi connectivity index (χ0n) is 11.6. The van der Waals surface area contributed by atoms with Crippen molar-refractivity contribution in [3.8, 4) is 0 Å². The molecule has 0 saturated carbocycles. The molecule has 2 fully saturated rings. The summed E-state index contributed by atoms with van der Waals surface area (Å²) in [5.41, 5.74) is 0. The van der Waals surface area contributed by atoms with Crippen molar-refractivity contribution in [2.24, 2.45) is 0 Å². The molecule has 0 bridgehead atoms. The molecule has 3 heteroatoms. The van der Waals surface area contributed by atoms with E-state index < -0.39 is 0 Å². The fraction of sp³-hybridized carbons (Fsp3) is 0.625. The molecule has 104 valence electrons. The number of hydrogen-bond donors (Lipinski definition) is 0. The van der Waals surface area contributed by atoms with Crippen LogP contribution in [-0.2, 0) is 0 Å². The molecular weight excluding hydrogens is 252 g/mol. The Hall–Kier alpha value is -0.510. The number of rotatable bonds is 5. The number of nitrogens with zero attached hydrogens (tertiary/aromatic N) is 2. The number of benzene rings is 1. The molecule has 0 aliphatic carbocycles. The molecule has 2 heterocycles. The molecule has 2 aliphatic heterocycles. The van der Waals surface area contributed by atoms with Crippen LogP contribution in [0, 0.1) is 0 Å². The van der Waals surface area contributed by atoms with Crippen molar-refractivity contribution >= 4 is 11.8 Å². The second-order valence-electron chi connectivity index (χ2n) is 5.65. The largest absolute Gasteiger partial charge is 0.301 e.